The van der Waals surface area contributed by atoms with E-state index in [4.69, 9.17) is 11.8 Å². The molecule has 0 aromatic rings. The van der Waals surface area contributed by atoms with Crippen molar-refractivity contribution in [3.63, 3.8) is 0 Å². The van der Waals surface area contributed by atoms with Crippen LogP contribution in [0.15, 0.2) is 12.7 Å². The van der Waals surface area contributed by atoms with Gasteiger partial charge in [0.15, 0.2) is 6.07 Å². The molecule has 44 valence electrons. The van der Waals surface area contributed by atoms with Gasteiger partial charge in [0.2, 0.25) is 0 Å². The third-order valence-electron chi connectivity index (χ3n) is 1.66. The predicted molar refractivity (Wildman–Crippen MR) is 33.2 cm³/mol. The van der Waals surface area contributed by atoms with Crippen LogP contribution < -0.4 is 0 Å². The number of hydrogen-bond donors (Lipinski definition) is 0. The van der Waals surface area contributed by atoms with E-state index in [2.05, 4.69) is 11.4 Å². The van der Waals surface area contributed by atoms with Crippen molar-refractivity contribution in [2.75, 3.05) is 0 Å². The van der Waals surface area contributed by atoms with Crippen LogP contribution in [0, 0.1) is 23.8 Å². The Morgan fingerprint density at radius 1 is 2.00 bits per heavy atom. The van der Waals surface area contributed by atoms with Crippen molar-refractivity contribution in [2.45, 2.75) is 12.0 Å². The minimum Gasteiger partial charge on any atom is -0.293 e. The maximum atomic E-state index is 8.45. The van der Waals surface area contributed by atoms with Crippen LogP contribution in [0.3, 0.4) is 0 Å². The zero-order valence-electron chi connectivity index (χ0n) is 4.96. The van der Waals surface area contributed by atoms with Crippen LogP contribution in [0.1, 0.15) is 6.42 Å². The number of nitrogens with zero attached hydrogens (tertiary/aromatic N) is 2. The smallest absolute Gasteiger partial charge is 0.293 e. The fourth-order valence-corrected chi connectivity index (χ4v) is 0.837. The van der Waals surface area contributed by atoms with Gasteiger partial charge in [0.05, 0.1) is 12.3 Å². The first-order valence-electron chi connectivity index (χ1n) is 2.71. The molecule has 1 fully saturated rings. The van der Waals surface area contributed by atoms with Crippen molar-refractivity contribution in [3.8, 4) is 6.07 Å². The van der Waals surface area contributed by atoms with Gasteiger partial charge in [0.25, 0.3) is 0 Å². The molecule has 0 amide bonds. The van der Waals surface area contributed by atoms with Crippen LogP contribution in [-0.4, -0.2) is 5.54 Å². The van der Waals surface area contributed by atoms with Gasteiger partial charge >= 0.3 is 5.54 Å². The zero-order chi connectivity index (χ0) is 6.91. The fourth-order valence-electron chi connectivity index (χ4n) is 0.837. The normalized spacial score (nSPS) is 38.2. The molecule has 2 nitrogen and oxygen atoms in total. The molecule has 1 aliphatic carbocycles. The Kier molecular flexibility index (Phi) is 1.04. The second-order valence-corrected chi connectivity index (χ2v) is 2.19. The Morgan fingerprint density at radius 3 is 2.78 bits per heavy atom. The van der Waals surface area contributed by atoms with E-state index in [0.717, 1.165) is 0 Å². The standard InChI is InChI=1S/C7H6N2/c1-3-6-4-7(6,5-8)9-2/h3,6H,1,4H2. The van der Waals surface area contributed by atoms with Crippen molar-refractivity contribution in [3.05, 3.63) is 24.1 Å². The molecule has 0 aromatic heterocycles. The lowest BCUT2D eigenvalue weighted by molar-refractivity contribution is 0.948. The van der Waals surface area contributed by atoms with Crippen molar-refractivity contribution < 1.29 is 0 Å². The number of rotatable bonds is 1. The number of hydrogen-bond acceptors (Lipinski definition) is 1. The molecule has 0 radical (unpaired) electrons. The molecule has 0 heterocycles. The molecule has 0 aliphatic heterocycles. The molecule has 1 rings (SSSR count). The predicted octanol–water partition coefficient (Wildman–Crippen LogP) is 1.37. The van der Waals surface area contributed by atoms with Crippen molar-refractivity contribution >= 4 is 0 Å². The van der Waals surface area contributed by atoms with E-state index in [1.54, 1.807) is 6.08 Å². The van der Waals surface area contributed by atoms with E-state index < -0.39 is 5.54 Å². The third kappa shape index (κ3) is 0.606. The van der Waals surface area contributed by atoms with Crippen molar-refractivity contribution in [1.82, 2.24) is 0 Å². The summed E-state index contributed by atoms with van der Waals surface area (Å²) in [5, 5.41) is 8.45. The number of nitriles is 1. The summed E-state index contributed by atoms with van der Waals surface area (Å²) < 4.78 is 0. The lowest BCUT2D eigenvalue weighted by Crippen LogP contribution is -1.98. The Labute approximate surface area is 54.2 Å². The molecule has 2 heteroatoms. The second kappa shape index (κ2) is 1.60. The van der Waals surface area contributed by atoms with Gasteiger partial charge in [-0.1, -0.05) is 6.08 Å². The third-order valence-corrected chi connectivity index (χ3v) is 1.66. The summed E-state index contributed by atoms with van der Waals surface area (Å²) in [6.45, 7) is 10.2. The minimum absolute atomic E-state index is 0.125. The summed E-state index contributed by atoms with van der Waals surface area (Å²) in [5.74, 6) is 0.125. The minimum atomic E-state index is -0.720. The largest absolute Gasteiger partial charge is 0.323 e. The van der Waals surface area contributed by atoms with Crippen LogP contribution in [0.4, 0.5) is 0 Å². The average Bonchev–Trinajstić information content (AvgIpc) is 2.63. The molecule has 0 bridgehead atoms. The Hall–Kier alpha value is -1.28. The van der Waals surface area contributed by atoms with E-state index in [0.29, 0.717) is 6.42 Å². The first-order valence-corrected chi connectivity index (χ1v) is 2.71. The van der Waals surface area contributed by atoms with Gasteiger partial charge in [0, 0.05) is 0 Å². The Balaban J connectivity index is 2.74. The lowest BCUT2D eigenvalue weighted by atomic mass is 10.2. The molecule has 1 aliphatic rings. The molecule has 0 saturated heterocycles. The Bertz CT molecular complexity index is 202. The van der Waals surface area contributed by atoms with E-state index in [-0.39, 0.29) is 5.92 Å². The van der Waals surface area contributed by atoms with Gasteiger partial charge in [-0.15, -0.1) is 6.58 Å². The summed E-state index contributed by atoms with van der Waals surface area (Å²) >= 11 is 0. The van der Waals surface area contributed by atoms with Crippen LogP contribution in [0.5, 0.6) is 0 Å². The van der Waals surface area contributed by atoms with Gasteiger partial charge in [-0.3, -0.25) is 4.85 Å². The van der Waals surface area contributed by atoms with E-state index in [1.807, 2.05) is 6.07 Å². The highest BCUT2D eigenvalue weighted by molar-refractivity contribution is 5.34. The first kappa shape index (κ1) is 5.85. The van der Waals surface area contributed by atoms with E-state index in [9.17, 15) is 0 Å². The second-order valence-electron chi connectivity index (χ2n) is 2.19. The molecule has 0 aromatic carbocycles. The first-order chi connectivity index (χ1) is 4.29. The quantitative estimate of drug-likeness (QED) is 0.377. The average molecular weight is 118 g/mol. The summed E-state index contributed by atoms with van der Waals surface area (Å²) in [4.78, 5) is 3.22. The van der Waals surface area contributed by atoms with Crippen LogP contribution in [-0.2, 0) is 0 Å². The van der Waals surface area contributed by atoms with Gasteiger partial charge < -0.3 is 0 Å². The fraction of sp³-hybridized carbons (Fsp3) is 0.429. The zero-order valence-corrected chi connectivity index (χ0v) is 4.96. The maximum absolute atomic E-state index is 8.45. The van der Waals surface area contributed by atoms with Crippen LogP contribution in [0.2, 0.25) is 0 Å². The van der Waals surface area contributed by atoms with E-state index >= 15 is 0 Å². The van der Waals surface area contributed by atoms with Crippen molar-refractivity contribution in [2.24, 2.45) is 5.92 Å². The topological polar surface area (TPSA) is 28.1 Å². The van der Waals surface area contributed by atoms with Gasteiger partial charge in [-0.05, 0) is 0 Å². The molecule has 0 N–H and O–H groups in total. The highest BCUT2D eigenvalue weighted by Gasteiger charge is 2.61. The monoisotopic (exact) mass is 118 g/mol. The summed E-state index contributed by atoms with van der Waals surface area (Å²) in [5.41, 5.74) is -0.720. The van der Waals surface area contributed by atoms with Crippen LogP contribution in [0.25, 0.3) is 4.85 Å². The summed E-state index contributed by atoms with van der Waals surface area (Å²) in [7, 11) is 0. The molecule has 2 atom stereocenters. The Morgan fingerprint density at radius 2 is 2.67 bits per heavy atom. The summed E-state index contributed by atoms with van der Waals surface area (Å²) in [6, 6.07) is 1.98. The van der Waals surface area contributed by atoms with Crippen LogP contribution >= 0.6 is 0 Å². The highest BCUT2D eigenvalue weighted by Crippen LogP contribution is 2.47. The van der Waals surface area contributed by atoms with Gasteiger partial charge in [-0.2, -0.15) is 5.26 Å². The highest BCUT2D eigenvalue weighted by atomic mass is 14.9. The molecule has 2 unspecified atom stereocenters. The molecular weight excluding hydrogens is 112 g/mol. The molecule has 1 saturated carbocycles. The lowest BCUT2D eigenvalue weighted by Gasteiger charge is -1.83. The van der Waals surface area contributed by atoms with Gasteiger partial charge in [-0.25, -0.2) is 6.57 Å². The molecule has 9 heavy (non-hydrogen) atoms. The molecular formula is C7H6N2. The van der Waals surface area contributed by atoms with E-state index in [1.165, 1.54) is 0 Å². The summed E-state index contributed by atoms with van der Waals surface area (Å²) in [6.07, 6.45) is 2.36. The van der Waals surface area contributed by atoms with Gasteiger partial charge in [0.1, 0.15) is 0 Å². The maximum Gasteiger partial charge on any atom is 0.323 e. The molecule has 0 spiro atoms. The van der Waals surface area contributed by atoms with Crippen molar-refractivity contribution in [1.29, 1.82) is 5.26 Å². The SMILES string of the molecule is [C-]#[N+]C1(C#N)CC1C=C.